The monoisotopic (exact) mass is 187 g/mol. The Bertz CT molecular complexity index is 189. The largest absolute Gasteiger partial charge is 0.466 e. The minimum atomic E-state index is -0.443. The van der Waals surface area contributed by atoms with Gasteiger partial charge >= 0.3 is 5.97 Å². The normalized spacial score (nSPS) is 12.7. The van der Waals surface area contributed by atoms with Crippen LogP contribution in [0.25, 0.3) is 0 Å². The average Bonchev–Trinajstić information content (AvgIpc) is 2.03. The van der Waals surface area contributed by atoms with Gasteiger partial charge in [0.2, 0.25) is 0 Å². The van der Waals surface area contributed by atoms with Crippen LogP contribution >= 0.6 is 0 Å². The number of likely N-dealkylation sites (N-methyl/N-ethyl adjacent to an activating group) is 1. The van der Waals surface area contributed by atoms with E-state index < -0.39 is 5.97 Å². The topological polar surface area (TPSA) is 46.6 Å². The molecule has 4 heteroatoms. The Morgan fingerprint density at radius 2 is 1.92 bits per heavy atom. The van der Waals surface area contributed by atoms with E-state index >= 15 is 0 Å². The molecule has 1 atom stereocenters. The van der Waals surface area contributed by atoms with Gasteiger partial charge in [-0.2, -0.15) is 0 Å². The summed E-state index contributed by atoms with van der Waals surface area (Å²) >= 11 is 0. The van der Waals surface area contributed by atoms with Crippen molar-refractivity contribution in [2.75, 3.05) is 20.7 Å². The minimum absolute atomic E-state index is 0.108. The number of carbonyl (C=O) groups excluding carboxylic acids is 2. The summed E-state index contributed by atoms with van der Waals surface area (Å²) < 4.78 is 4.66. The second kappa shape index (κ2) is 5.70. The van der Waals surface area contributed by atoms with E-state index in [1.54, 1.807) is 32.8 Å². The predicted octanol–water partition coefficient (Wildman–Crippen LogP) is 0.459. The van der Waals surface area contributed by atoms with Gasteiger partial charge in [0.15, 0.2) is 5.78 Å². The van der Waals surface area contributed by atoms with Gasteiger partial charge in [0.25, 0.3) is 0 Å². The van der Waals surface area contributed by atoms with Gasteiger partial charge in [-0.15, -0.1) is 0 Å². The number of ketones is 1. The van der Waals surface area contributed by atoms with Crippen LogP contribution < -0.4 is 0 Å². The number of rotatable bonds is 5. The first-order chi connectivity index (χ1) is 5.99. The third-order valence-corrected chi connectivity index (χ3v) is 1.86. The predicted molar refractivity (Wildman–Crippen MR) is 49.4 cm³/mol. The maximum atomic E-state index is 11.3. The molecule has 0 radical (unpaired) electrons. The molecule has 0 saturated carbocycles. The molecular weight excluding hydrogens is 170 g/mol. The number of nitrogens with zero attached hydrogens (tertiary/aromatic N) is 1. The van der Waals surface area contributed by atoms with Crippen molar-refractivity contribution in [1.82, 2.24) is 4.90 Å². The molecule has 1 unspecified atom stereocenters. The summed E-state index contributed by atoms with van der Waals surface area (Å²) in [6, 6.07) is -0.232. The fraction of sp³-hybridized carbons (Fsp3) is 0.778. The highest BCUT2D eigenvalue weighted by Crippen LogP contribution is 1.99. The summed E-state index contributed by atoms with van der Waals surface area (Å²) in [7, 11) is 3.60. The lowest BCUT2D eigenvalue weighted by molar-refractivity contribution is -0.146. The molecule has 0 N–H and O–H groups in total. The molecule has 0 aromatic heterocycles. The van der Waals surface area contributed by atoms with Gasteiger partial charge in [-0.1, -0.05) is 0 Å². The Kier molecular flexibility index (Phi) is 5.30. The van der Waals surface area contributed by atoms with E-state index in [4.69, 9.17) is 0 Å². The average molecular weight is 187 g/mol. The molecule has 4 nitrogen and oxygen atoms in total. The van der Waals surface area contributed by atoms with Gasteiger partial charge in [0.1, 0.15) is 6.42 Å². The Morgan fingerprint density at radius 1 is 1.38 bits per heavy atom. The Morgan fingerprint density at radius 3 is 2.31 bits per heavy atom. The second-order valence-electron chi connectivity index (χ2n) is 3.09. The molecule has 0 aromatic carbocycles. The number of ether oxygens (including phenoxy) is 1. The van der Waals surface area contributed by atoms with Gasteiger partial charge in [-0.05, 0) is 27.9 Å². The van der Waals surface area contributed by atoms with Gasteiger partial charge in [0.05, 0.1) is 12.6 Å². The molecule has 13 heavy (non-hydrogen) atoms. The molecular formula is C9H17NO3. The van der Waals surface area contributed by atoms with Gasteiger partial charge in [-0.3, -0.25) is 14.5 Å². The van der Waals surface area contributed by atoms with Gasteiger partial charge < -0.3 is 4.74 Å². The maximum Gasteiger partial charge on any atom is 0.313 e. The van der Waals surface area contributed by atoms with Crippen LogP contribution in [0, 0.1) is 0 Å². The van der Waals surface area contributed by atoms with Crippen molar-refractivity contribution >= 4 is 11.8 Å². The molecule has 0 heterocycles. The van der Waals surface area contributed by atoms with E-state index in [2.05, 4.69) is 4.74 Å². The molecule has 0 aliphatic heterocycles. The number of hydrogen-bond donors (Lipinski definition) is 0. The van der Waals surface area contributed by atoms with Crippen LogP contribution in [-0.4, -0.2) is 43.4 Å². The molecule has 0 fully saturated rings. The third-order valence-electron chi connectivity index (χ3n) is 1.86. The molecule has 0 aromatic rings. The van der Waals surface area contributed by atoms with E-state index in [1.165, 1.54) is 0 Å². The number of esters is 1. The van der Waals surface area contributed by atoms with Crippen molar-refractivity contribution in [3.8, 4) is 0 Å². The molecule has 0 amide bonds. The smallest absolute Gasteiger partial charge is 0.313 e. The summed E-state index contributed by atoms with van der Waals surface area (Å²) in [6.45, 7) is 3.81. The molecule has 0 aliphatic carbocycles. The summed E-state index contributed by atoms with van der Waals surface area (Å²) in [5, 5.41) is 0. The maximum absolute atomic E-state index is 11.3. The van der Waals surface area contributed by atoms with Gasteiger partial charge in [0, 0.05) is 0 Å². The van der Waals surface area contributed by atoms with E-state index in [0.717, 1.165) is 0 Å². The zero-order valence-electron chi connectivity index (χ0n) is 8.66. The Hall–Kier alpha value is -0.900. The van der Waals surface area contributed by atoms with E-state index in [1.807, 2.05) is 0 Å². The van der Waals surface area contributed by atoms with Crippen molar-refractivity contribution < 1.29 is 14.3 Å². The standard InChI is InChI=1S/C9H17NO3/c1-5-13-9(12)6-8(11)7(2)10(3)4/h7H,5-6H2,1-4H3. The van der Waals surface area contributed by atoms with Crippen molar-refractivity contribution in [2.24, 2.45) is 0 Å². The fourth-order valence-electron chi connectivity index (χ4n) is 0.790. The van der Waals surface area contributed by atoms with Crippen LogP contribution in [0.2, 0.25) is 0 Å². The highest BCUT2D eigenvalue weighted by molar-refractivity contribution is 5.98. The van der Waals surface area contributed by atoms with Crippen molar-refractivity contribution in [3.05, 3.63) is 0 Å². The Labute approximate surface area is 78.9 Å². The lowest BCUT2D eigenvalue weighted by atomic mass is 10.1. The van der Waals surface area contributed by atoms with Crippen LogP contribution in [0.5, 0.6) is 0 Å². The highest BCUT2D eigenvalue weighted by Gasteiger charge is 2.18. The molecule has 0 aliphatic rings. The number of carbonyl (C=O) groups is 2. The summed E-state index contributed by atoms with van der Waals surface area (Å²) in [5.41, 5.74) is 0. The lowest BCUT2D eigenvalue weighted by Gasteiger charge is -2.17. The summed E-state index contributed by atoms with van der Waals surface area (Å²) in [6.07, 6.45) is -0.132. The van der Waals surface area contributed by atoms with Crippen LogP contribution in [0.1, 0.15) is 20.3 Å². The van der Waals surface area contributed by atoms with Crippen molar-refractivity contribution in [3.63, 3.8) is 0 Å². The van der Waals surface area contributed by atoms with Crippen LogP contribution in [0.3, 0.4) is 0 Å². The summed E-state index contributed by atoms with van der Waals surface area (Å²) in [4.78, 5) is 24.0. The number of hydrogen-bond acceptors (Lipinski definition) is 4. The molecule has 0 bridgehead atoms. The number of Topliss-reactive ketones (excluding diaryl/α,β-unsaturated/α-hetero) is 1. The van der Waals surface area contributed by atoms with E-state index in [0.29, 0.717) is 6.61 Å². The van der Waals surface area contributed by atoms with Gasteiger partial charge in [-0.25, -0.2) is 0 Å². The van der Waals surface area contributed by atoms with Crippen LogP contribution in [0.15, 0.2) is 0 Å². The molecule has 0 saturated heterocycles. The van der Waals surface area contributed by atoms with Crippen LogP contribution in [0.4, 0.5) is 0 Å². The highest BCUT2D eigenvalue weighted by atomic mass is 16.5. The fourth-order valence-corrected chi connectivity index (χ4v) is 0.790. The molecule has 76 valence electrons. The second-order valence-corrected chi connectivity index (χ2v) is 3.09. The molecule has 0 rings (SSSR count). The first-order valence-electron chi connectivity index (χ1n) is 4.33. The SMILES string of the molecule is CCOC(=O)CC(=O)C(C)N(C)C. The van der Waals surface area contributed by atoms with Crippen molar-refractivity contribution in [1.29, 1.82) is 0 Å². The first-order valence-corrected chi connectivity index (χ1v) is 4.33. The van der Waals surface area contributed by atoms with Crippen LogP contribution in [-0.2, 0) is 14.3 Å². The molecule has 0 spiro atoms. The first kappa shape index (κ1) is 12.1. The lowest BCUT2D eigenvalue weighted by Crippen LogP contribution is -2.34. The van der Waals surface area contributed by atoms with E-state index in [9.17, 15) is 9.59 Å². The quantitative estimate of drug-likeness (QED) is 0.463. The zero-order chi connectivity index (χ0) is 10.4. The Balaban J connectivity index is 3.93. The minimum Gasteiger partial charge on any atom is -0.466 e. The summed E-state index contributed by atoms with van der Waals surface area (Å²) in [5.74, 6) is -0.551. The van der Waals surface area contributed by atoms with Crippen molar-refractivity contribution in [2.45, 2.75) is 26.3 Å². The third kappa shape index (κ3) is 4.62. The zero-order valence-corrected chi connectivity index (χ0v) is 8.66. The van der Waals surface area contributed by atoms with E-state index in [-0.39, 0.29) is 18.2 Å².